The maximum Gasteiger partial charge on any atom is 0.0809 e. The topological polar surface area (TPSA) is 21.3 Å². The number of hydrogen-bond acceptors (Lipinski definition) is 2. The van der Waals surface area contributed by atoms with Crippen LogP contribution in [-0.2, 0) is 4.74 Å². The van der Waals surface area contributed by atoms with Crippen LogP contribution in [-0.4, -0.2) is 24.8 Å². The summed E-state index contributed by atoms with van der Waals surface area (Å²) in [5.41, 5.74) is 0.121. The van der Waals surface area contributed by atoms with Crippen molar-refractivity contribution in [3.63, 3.8) is 0 Å². The first kappa shape index (κ1) is 19.0. The van der Waals surface area contributed by atoms with Gasteiger partial charge in [0.15, 0.2) is 0 Å². The van der Waals surface area contributed by atoms with Crippen molar-refractivity contribution in [2.24, 2.45) is 0 Å². The largest absolute Gasteiger partial charge is 0.371 e. The Labute approximate surface area is 133 Å². The molecule has 1 rings (SSSR count). The van der Waals surface area contributed by atoms with E-state index in [0.29, 0.717) is 6.10 Å². The van der Waals surface area contributed by atoms with E-state index < -0.39 is 0 Å². The predicted octanol–water partition coefficient (Wildman–Crippen LogP) is 5.45. The Morgan fingerprint density at radius 3 is 2.29 bits per heavy atom. The molecule has 1 aliphatic rings. The molecule has 0 radical (unpaired) electrons. The molecule has 0 bridgehead atoms. The van der Waals surface area contributed by atoms with Crippen LogP contribution in [0.2, 0.25) is 0 Å². The minimum absolute atomic E-state index is 0.121. The van der Waals surface area contributed by atoms with Crippen LogP contribution in [0.5, 0.6) is 0 Å². The summed E-state index contributed by atoms with van der Waals surface area (Å²) in [5, 5.41) is 3.63. The fourth-order valence-corrected chi connectivity index (χ4v) is 3.55. The summed E-state index contributed by atoms with van der Waals surface area (Å²) in [6, 6.07) is 0. The SMILES string of the molecule is CCCCCCC(C)OC1(CNCCC)CCCCCC1. The molecule has 0 amide bonds. The minimum Gasteiger partial charge on any atom is -0.371 e. The summed E-state index contributed by atoms with van der Waals surface area (Å²) >= 11 is 0. The molecule has 1 fully saturated rings. The van der Waals surface area contributed by atoms with E-state index in [9.17, 15) is 0 Å². The Kier molecular flexibility index (Phi) is 10.4. The van der Waals surface area contributed by atoms with Gasteiger partial charge in [-0.1, -0.05) is 65.2 Å². The zero-order chi connectivity index (χ0) is 15.4. The molecular formula is C19H39NO. The fourth-order valence-electron chi connectivity index (χ4n) is 3.55. The highest BCUT2D eigenvalue weighted by Gasteiger charge is 2.33. The van der Waals surface area contributed by atoms with Crippen molar-refractivity contribution in [1.29, 1.82) is 0 Å². The van der Waals surface area contributed by atoms with Gasteiger partial charge in [-0.2, -0.15) is 0 Å². The molecule has 2 nitrogen and oxygen atoms in total. The van der Waals surface area contributed by atoms with E-state index in [4.69, 9.17) is 4.74 Å². The van der Waals surface area contributed by atoms with Crippen molar-refractivity contribution in [2.75, 3.05) is 13.1 Å². The van der Waals surface area contributed by atoms with Crippen molar-refractivity contribution in [2.45, 2.75) is 110 Å². The van der Waals surface area contributed by atoms with Crippen LogP contribution in [0.3, 0.4) is 0 Å². The van der Waals surface area contributed by atoms with E-state index in [2.05, 4.69) is 26.1 Å². The lowest BCUT2D eigenvalue weighted by Crippen LogP contribution is -2.45. The second-order valence-electron chi connectivity index (χ2n) is 7.05. The Morgan fingerprint density at radius 2 is 1.67 bits per heavy atom. The summed E-state index contributed by atoms with van der Waals surface area (Å²) < 4.78 is 6.62. The van der Waals surface area contributed by atoms with Crippen molar-refractivity contribution in [3.05, 3.63) is 0 Å². The summed E-state index contributed by atoms with van der Waals surface area (Å²) in [4.78, 5) is 0. The van der Waals surface area contributed by atoms with Crippen LogP contribution in [0.4, 0.5) is 0 Å². The maximum atomic E-state index is 6.62. The van der Waals surface area contributed by atoms with Crippen molar-refractivity contribution < 1.29 is 4.74 Å². The van der Waals surface area contributed by atoms with E-state index in [1.165, 1.54) is 77.0 Å². The molecule has 0 saturated heterocycles. The lowest BCUT2D eigenvalue weighted by molar-refractivity contribution is -0.0972. The minimum atomic E-state index is 0.121. The highest BCUT2D eigenvalue weighted by atomic mass is 16.5. The molecule has 2 heteroatoms. The quantitative estimate of drug-likeness (QED) is 0.404. The zero-order valence-corrected chi connectivity index (χ0v) is 14.9. The molecular weight excluding hydrogens is 258 g/mol. The average molecular weight is 298 g/mol. The molecule has 1 saturated carbocycles. The molecule has 1 unspecified atom stereocenters. The molecule has 0 heterocycles. The fraction of sp³-hybridized carbons (Fsp3) is 1.00. The smallest absolute Gasteiger partial charge is 0.0809 e. The number of rotatable bonds is 11. The van der Waals surface area contributed by atoms with E-state index >= 15 is 0 Å². The molecule has 126 valence electrons. The van der Waals surface area contributed by atoms with E-state index in [1.807, 2.05) is 0 Å². The first-order chi connectivity index (χ1) is 10.2. The van der Waals surface area contributed by atoms with Crippen LogP contribution < -0.4 is 5.32 Å². The number of unbranched alkanes of at least 4 members (excludes halogenated alkanes) is 3. The first-order valence-corrected chi connectivity index (χ1v) is 9.61. The van der Waals surface area contributed by atoms with Gasteiger partial charge in [0.1, 0.15) is 0 Å². The van der Waals surface area contributed by atoms with Crippen LogP contribution in [0, 0.1) is 0 Å². The van der Waals surface area contributed by atoms with Gasteiger partial charge in [0.2, 0.25) is 0 Å². The van der Waals surface area contributed by atoms with Gasteiger partial charge in [-0.15, -0.1) is 0 Å². The summed E-state index contributed by atoms with van der Waals surface area (Å²) in [5.74, 6) is 0. The summed E-state index contributed by atoms with van der Waals surface area (Å²) in [6.07, 6.45) is 16.2. The van der Waals surface area contributed by atoms with E-state index in [-0.39, 0.29) is 5.60 Å². The molecule has 0 aliphatic heterocycles. The van der Waals surface area contributed by atoms with Gasteiger partial charge in [-0.05, 0) is 39.2 Å². The Morgan fingerprint density at radius 1 is 0.952 bits per heavy atom. The highest BCUT2D eigenvalue weighted by Crippen LogP contribution is 2.32. The van der Waals surface area contributed by atoms with Crippen LogP contribution >= 0.6 is 0 Å². The van der Waals surface area contributed by atoms with Gasteiger partial charge in [0.05, 0.1) is 11.7 Å². The Bertz CT molecular complexity index is 234. The Hall–Kier alpha value is -0.0800. The van der Waals surface area contributed by atoms with Crippen LogP contribution in [0.15, 0.2) is 0 Å². The third-order valence-electron chi connectivity index (χ3n) is 4.80. The lowest BCUT2D eigenvalue weighted by atomic mass is 9.93. The van der Waals surface area contributed by atoms with Crippen molar-refractivity contribution in [1.82, 2.24) is 5.32 Å². The lowest BCUT2D eigenvalue weighted by Gasteiger charge is -2.36. The monoisotopic (exact) mass is 297 g/mol. The van der Waals surface area contributed by atoms with E-state index in [1.54, 1.807) is 0 Å². The number of hydrogen-bond donors (Lipinski definition) is 1. The molecule has 0 aromatic heterocycles. The van der Waals surface area contributed by atoms with E-state index in [0.717, 1.165) is 13.1 Å². The molecule has 1 N–H and O–H groups in total. The highest BCUT2D eigenvalue weighted by molar-refractivity contribution is 4.86. The van der Waals surface area contributed by atoms with Gasteiger partial charge in [0, 0.05) is 6.54 Å². The molecule has 1 atom stereocenters. The summed E-state index contributed by atoms with van der Waals surface area (Å²) in [6.45, 7) is 8.98. The van der Waals surface area contributed by atoms with Gasteiger partial charge >= 0.3 is 0 Å². The maximum absolute atomic E-state index is 6.62. The van der Waals surface area contributed by atoms with Crippen LogP contribution in [0.1, 0.15) is 97.8 Å². The molecule has 21 heavy (non-hydrogen) atoms. The van der Waals surface area contributed by atoms with Crippen molar-refractivity contribution >= 4 is 0 Å². The molecule has 0 aromatic carbocycles. The summed E-state index contributed by atoms with van der Waals surface area (Å²) in [7, 11) is 0. The first-order valence-electron chi connectivity index (χ1n) is 9.61. The molecule has 1 aliphatic carbocycles. The second-order valence-corrected chi connectivity index (χ2v) is 7.05. The average Bonchev–Trinajstić information content (AvgIpc) is 2.70. The van der Waals surface area contributed by atoms with Gasteiger partial charge < -0.3 is 10.1 Å². The van der Waals surface area contributed by atoms with Gasteiger partial charge in [0.25, 0.3) is 0 Å². The van der Waals surface area contributed by atoms with Crippen molar-refractivity contribution in [3.8, 4) is 0 Å². The second kappa shape index (κ2) is 11.5. The third-order valence-corrected chi connectivity index (χ3v) is 4.80. The standard InChI is InChI=1S/C19H39NO/c1-4-6-7-10-13-18(3)21-19(17-20-16-5-2)14-11-8-9-12-15-19/h18,20H,4-17H2,1-3H3. The number of nitrogens with one attached hydrogen (secondary N) is 1. The normalized spacial score (nSPS) is 20.1. The zero-order valence-electron chi connectivity index (χ0n) is 14.9. The Balaban J connectivity index is 2.42. The predicted molar refractivity (Wildman–Crippen MR) is 92.9 cm³/mol. The van der Waals surface area contributed by atoms with Gasteiger partial charge in [-0.3, -0.25) is 0 Å². The third kappa shape index (κ3) is 8.21. The van der Waals surface area contributed by atoms with Crippen LogP contribution in [0.25, 0.3) is 0 Å². The molecule has 0 aromatic rings. The van der Waals surface area contributed by atoms with Gasteiger partial charge in [-0.25, -0.2) is 0 Å². The number of ether oxygens (including phenoxy) is 1. The molecule has 0 spiro atoms.